The Labute approximate surface area is 129 Å². The predicted molar refractivity (Wildman–Crippen MR) is 88.5 cm³/mol. The van der Waals surface area contributed by atoms with E-state index in [1.807, 2.05) is 6.26 Å². The summed E-state index contributed by atoms with van der Waals surface area (Å²) in [5, 5.41) is 6.04. The maximum atomic E-state index is 11.7. The zero-order valence-electron chi connectivity index (χ0n) is 12.7. The van der Waals surface area contributed by atoms with Gasteiger partial charge in [-0.3, -0.25) is 4.79 Å². The number of carbonyl (C=O) groups is 1. The lowest BCUT2D eigenvalue weighted by Crippen LogP contribution is -2.41. The van der Waals surface area contributed by atoms with E-state index >= 15 is 0 Å². The zero-order chi connectivity index (χ0) is 15.2. The molecule has 1 rings (SSSR count). The van der Waals surface area contributed by atoms with Gasteiger partial charge in [0.05, 0.1) is 16.7 Å². The Morgan fingerprint density at radius 2 is 2.25 bits per heavy atom. The Kier molecular flexibility index (Phi) is 6.99. The molecule has 0 radical (unpaired) electrons. The van der Waals surface area contributed by atoms with E-state index in [2.05, 4.69) is 36.5 Å². The van der Waals surface area contributed by atoms with Crippen molar-refractivity contribution in [1.29, 1.82) is 0 Å². The van der Waals surface area contributed by atoms with Gasteiger partial charge in [0.2, 0.25) is 5.91 Å². The first-order valence-electron chi connectivity index (χ1n) is 6.81. The van der Waals surface area contributed by atoms with Gasteiger partial charge in [-0.25, -0.2) is 4.98 Å². The second-order valence-corrected chi connectivity index (χ2v) is 7.73. The van der Waals surface area contributed by atoms with Gasteiger partial charge in [0.15, 0.2) is 0 Å². The molecule has 0 aliphatic carbocycles. The molecule has 0 aliphatic heterocycles. The molecular formula is C14H25N3OS2. The minimum atomic E-state index is -0.399. The number of thioether (sulfide) groups is 1. The molecule has 3 N–H and O–H groups in total. The molecule has 0 aromatic carbocycles. The average Bonchev–Trinajstić information content (AvgIpc) is 2.84. The molecule has 1 heterocycles. The monoisotopic (exact) mass is 315 g/mol. The average molecular weight is 316 g/mol. The van der Waals surface area contributed by atoms with Crippen molar-refractivity contribution in [2.24, 2.45) is 5.73 Å². The smallest absolute Gasteiger partial charge is 0.236 e. The van der Waals surface area contributed by atoms with Crippen molar-refractivity contribution >= 4 is 29.0 Å². The lowest BCUT2D eigenvalue weighted by atomic mass is 9.93. The molecule has 1 atom stereocenters. The third-order valence-corrected chi connectivity index (χ3v) is 4.48. The quantitative estimate of drug-likeness (QED) is 0.809. The van der Waals surface area contributed by atoms with Gasteiger partial charge in [-0.15, -0.1) is 11.3 Å². The van der Waals surface area contributed by atoms with E-state index in [9.17, 15) is 4.79 Å². The molecule has 0 bridgehead atoms. The minimum Gasteiger partial charge on any atom is -0.354 e. The number of amides is 1. The van der Waals surface area contributed by atoms with E-state index in [-0.39, 0.29) is 11.3 Å². The number of rotatable bonds is 7. The van der Waals surface area contributed by atoms with Crippen molar-refractivity contribution in [3.63, 3.8) is 0 Å². The van der Waals surface area contributed by atoms with E-state index < -0.39 is 6.04 Å². The molecule has 114 valence electrons. The van der Waals surface area contributed by atoms with Crippen molar-refractivity contribution < 1.29 is 4.79 Å². The minimum absolute atomic E-state index is 0.0633. The van der Waals surface area contributed by atoms with Crippen LogP contribution >= 0.6 is 23.1 Å². The number of nitrogens with two attached hydrogens (primary N) is 1. The lowest BCUT2D eigenvalue weighted by Gasteiger charge is -2.14. The van der Waals surface area contributed by atoms with E-state index in [1.165, 1.54) is 0 Å². The SMILES string of the molecule is CSCC[C@H](N)C(=O)NCCc1nc(C(C)(C)C)cs1. The summed E-state index contributed by atoms with van der Waals surface area (Å²) >= 11 is 3.36. The summed E-state index contributed by atoms with van der Waals surface area (Å²) in [7, 11) is 0. The highest BCUT2D eigenvalue weighted by Gasteiger charge is 2.17. The summed E-state index contributed by atoms with van der Waals surface area (Å²) < 4.78 is 0. The molecule has 20 heavy (non-hydrogen) atoms. The van der Waals surface area contributed by atoms with Crippen LogP contribution in [0.25, 0.3) is 0 Å². The van der Waals surface area contributed by atoms with Crippen molar-refractivity contribution in [2.45, 2.75) is 45.1 Å². The maximum absolute atomic E-state index is 11.7. The first-order valence-corrected chi connectivity index (χ1v) is 9.09. The molecule has 4 nitrogen and oxygen atoms in total. The first-order chi connectivity index (χ1) is 9.34. The Morgan fingerprint density at radius 1 is 1.55 bits per heavy atom. The van der Waals surface area contributed by atoms with Gasteiger partial charge >= 0.3 is 0 Å². The largest absolute Gasteiger partial charge is 0.354 e. The molecular weight excluding hydrogens is 290 g/mol. The predicted octanol–water partition coefficient (Wildman–Crippen LogP) is 2.18. The number of hydrogen-bond donors (Lipinski definition) is 2. The summed E-state index contributed by atoms with van der Waals surface area (Å²) in [4.78, 5) is 16.3. The second-order valence-electron chi connectivity index (χ2n) is 5.81. The fourth-order valence-electron chi connectivity index (χ4n) is 1.57. The second kappa shape index (κ2) is 8.00. The number of hydrogen-bond acceptors (Lipinski definition) is 5. The topological polar surface area (TPSA) is 68.0 Å². The highest BCUT2D eigenvalue weighted by atomic mass is 32.2. The Morgan fingerprint density at radius 3 is 2.80 bits per heavy atom. The van der Waals surface area contributed by atoms with Crippen LogP contribution in [0.15, 0.2) is 5.38 Å². The molecule has 0 unspecified atom stereocenters. The standard InChI is InChI=1S/C14H25N3OS2/c1-14(2,3)11-9-20-12(17-11)5-7-16-13(18)10(15)6-8-19-4/h9-10H,5-8,15H2,1-4H3,(H,16,18)/t10-/m0/s1. The molecule has 1 aromatic heterocycles. The van der Waals surface area contributed by atoms with Crippen molar-refractivity contribution in [3.8, 4) is 0 Å². The van der Waals surface area contributed by atoms with Gasteiger partial charge < -0.3 is 11.1 Å². The molecule has 6 heteroatoms. The van der Waals surface area contributed by atoms with Gasteiger partial charge in [0, 0.05) is 23.8 Å². The fraction of sp³-hybridized carbons (Fsp3) is 0.714. The maximum Gasteiger partial charge on any atom is 0.236 e. The van der Waals surface area contributed by atoms with Crippen LogP contribution in [0.5, 0.6) is 0 Å². The summed E-state index contributed by atoms with van der Waals surface area (Å²) in [6, 6.07) is -0.399. The highest BCUT2D eigenvalue weighted by Crippen LogP contribution is 2.23. The van der Waals surface area contributed by atoms with Gasteiger partial charge in [-0.05, 0) is 18.4 Å². The van der Waals surface area contributed by atoms with Crippen molar-refractivity contribution in [1.82, 2.24) is 10.3 Å². The zero-order valence-corrected chi connectivity index (χ0v) is 14.4. The molecule has 1 aromatic rings. The number of nitrogens with zero attached hydrogens (tertiary/aromatic N) is 1. The van der Waals surface area contributed by atoms with Crippen LogP contribution in [0, 0.1) is 0 Å². The van der Waals surface area contributed by atoms with Crippen LogP contribution < -0.4 is 11.1 Å². The number of carbonyl (C=O) groups excluding carboxylic acids is 1. The normalized spacial score (nSPS) is 13.2. The Hall–Kier alpha value is -0.590. The van der Waals surface area contributed by atoms with Crippen LogP contribution in [-0.2, 0) is 16.6 Å². The van der Waals surface area contributed by atoms with Gasteiger partial charge in [0.1, 0.15) is 0 Å². The van der Waals surface area contributed by atoms with E-state index in [0.29, 0.717) is 6.54 Å². The van der Waals surface area contributed by atoms with Gasteiger partial charge in [0.25, 0.3) is 0 Å². The third-order valence-electron chi connectivity index (χ3n) is 2.93. The van der Waals surface area contributed by atoms with E-state index in [1.54, 1.807) is 23.1 Å². The van der Waals surface area contributed by atoms with E-state index in [4.69, 9.17) is 5.73 Å². The van der Waals surface area contributed by atoms with Crippen molar-refractivity contribution in [3.05, 3.63) is 16.1 Å². The molecule has 0 aliphatic rings. The fourth-order valence-corrected chi connectivity index (χ4v) is 3.08. The van der Waals surface area contributed by atoms with Crippen LogP contribution in [-0.4, -0.2) is 35.5 Å². The molecule has 0 saturated heterocycles. The lowest BCUT2D eigenvalue weighted by molar-refractivity contribution is -0.122. The van der Waals surface area contributed by atoms with Crippen LogP contribution in [0.2, 0.25) is 0 Å². The Bertz CT molecular complexity index is 426. The van der Waals surface area contributed by atoms with Gasteiger partial charge in [-0.2, -0.15) is 11.8 Å². The van der Waals surface area contributed by atoms with Crippen LogP contribution in [0.1, 0.15) is 37.9 Å². The number of aromatic nitrogens is 1. The number of nitrogens with one attached hydrogen (secondary N) is 1. The van der Waals surface area contributed by atoms with Crippen LogP contribution in [0.4, 0.5) is 0 Å². The van der Waals surface area contributed by atoms with Crippen molar-refractivity contribution in [2.75, 3.05) is 18.6 Å². The summed E-state index contributed by atoms with van der Waals surface area (Å²) in [6.07, 6.45) is 3.50. The van der Waals surface area contributed by atoms with E-state index in [0.717, 1.165) is 29.3 Å². The number of thiazole rings is 1. The first kappa shape index (κ1) is 17.5. The summed E-state index contributed by atoms with van der Waals surface area (Å²) in [5.74, 6) is 0.849. The highest BCUT2D eigenvalue weighted by molar-refractivity contribution is 7.98. The van der Waals surface area contributed by atoms with Crippen LogP contribution in [0.3, 0.4) is 0 Å². The molecule has 0 spiro atoms. The molecule has 0 saturated carbocycles. The molecule has 1 amide bonds. The molecule has 0 fully saturated rings. The Balaban J connectivity index is 2.34. The van der Waals surface area contributed by atoms with Gasteiger partial charge in [-0.1, -0.05) is 20.8 Å². The summed E-state index contributed by atoms with van der Waals surface area (Å²) in [6.45, 7) is 7.05. The third kappa shape index (κ3) is 5.81. The summed E-state index contributed by atoms with van der Waals surface area (Å²) in [5.41, 5.74) is 7.00.